The highest BCUT2D eigenvalue weighted by atomic mass is 32.2. The highest BCUT2D eigenvalue weighted by Gasteiger charge is 2.45. The van der Waals surface area contributed by atoms with Crippen LogP contribution in [-0.2, 0) is 20.8 Å². The van der Waals surface area contributed by atoms with Gasteiger partial charge in [0.1, 0.15) is 16.8 Å². The molecule has 4 rings (SSSR count). The molecule has 0 spiro atoms. The molecular formula is C24H20F4N2O5S. The van der Waals surface area contributed by atoms with Crippen LogP contribution in [0.1, 0.15) is 15.9 Å². The van der Waals surface area contributed by atoms with Gasteiger partial charge in [-0.25, -0.2) is 12.8 Å². The second-order valence-electron chi connectivity index (χ2n) is 7.98. The number of sulfone groups is 1. The summed E-state index contributed by atoms with van der Waals surface area (Å²) in [4.78, 5) is 17.3. The Bertz CT molecular complexity index is 1420. The molecule has 12 heteroatoms. The lowest BCUT2D eigenvalue weighted by molar-refractivity contribution is -0.140. The first kappa shape index (κ1) is 25.6. The topological polar surface area (TPSA) is 85.8 Å². The van der Waals surface area contributed by atoms with Crippen molar-refractivity contribution in [1.82, 2.24) is 4.98 Å². The standard InChI is InChI=1S/C24H20F4N2O5S/c1-30(19-11-29-9-8-16(19)17-7-6-14(25)10-20(17)34-2)23(31)18-4-3-5-21(22(18)24(26,27)28)36(32,33)15-12-35-13-15/h3-11,15H,12-13H2,1-2H3. The first-order valence-electron chi connectivity index (χ1n) is 10.5. The summed E-state index contributed by atoms with van der Waals surface area (Å²) in [7, 11) is -1.85. The summed E-state index contributed by atoms with van der Waals surface area (Å²) < 4.78 is 92.1. The van der Waals surface area contributed by atoms with Gasteiger partial charge in [0, 0.05) is 30.4 Å². The van der Waals surface area contributed by atoms with Crippen molar-refractivity contribution in [2.75, 3.05) is 32.3 Å². The van der Waals surface area contributed by atoms with Crippen LogP contribution in [0, 0.1) is 5.82 Å². The smallest absolute Gasteiger partial charge is 0.418 e. The Hall–Kier alpha value is -3.51. The fourth-order valence-corrected chi connectivity index (χ4v) is 5.56. The fourth-order valence-electron chi connectivity index (χ4n) is 3.87. The summed E-state index contributed by atoms with van der Waals surface area (Å²) in [5.74, 6) is -1.55. The van der Waals surface area contributed by atoms with Gasteiger partial charge in [-0.05, 0) is 30.3 Å². The number of carbonyl (C=O) groups excluding carboxylic acids is 1. The normalized spacial score (nSPS) is 14.3. The molecule has 0 aliphatic carbocycles. The molecule has 1 aliphatic heterocycles. The van der Waals surface area contributed by atoms with Gasteiger partial charge in [-0.2, -0.15) is 13.2 Å². The van der Waals surface area contributed by atoms with Gasteiger partial charge in [-0.15, -0.1) is 0 Å². The molecule has 2 heterocycles. The number of benzene rings is 2. The molecule has 0 atom stereocenters. The molecule has 190 valence electrons. The van der Waals surface area contributed by atoms with Crippen molar-refractivity contribution in [2.24, 2.45) is 0 Å². The van der Waals surface area contributed by atoms with Gasteiger partial charge in [-0.1, -0.05) is 6.07 Å². The van der Waals surface area contributed by atoms with Gasteiger partial charge in [0.25, 0.3) is 5.91 Å². The van der Waals surface area contributed by atoms with E-state index in [0.29, 0.717) is 11.1 Å². The summed E-state index contributed by atoms with van der Waals surface area (Å²) in [5, 5.41) is -1.13. The number of halogens is 4. The third kappa shape index (κ3) is 4.53. The Balaban J connectivity index is 1.84. The second kappa shape index (κ2) is 9.51. The Morgan fingerprint density at radius 2 is 1.86 bits per heavy atom. The number of anilines is 1. The van der Waals surface area contributed by atoms with Crippen molar-refractivity contribution in [3.05, 3.63) is 71.8 Å². The molecule has 7 nitrogen and oxygen atoms in total. The minimum Gasteiger partial charge on any atom is -0.496 e. The van der Waals surface area contributed by atoms with Crippen molar-refractivity contribution in [2.45, 2.75) is 16.3 Å². The molecule has 1 aromatic heterocycles. The van der Waals surface area contributed by atoms with E-state index in [1.165, 1.54) is 44.8 Å². The van der Waals surface area contributed by atoms with Gasteiger partial charge in [0.15, 0.2) is 9.84 Å². The first-order valence-corrected chi connectivity index (χ1v) is 12.1. The van der Waals surface area contributed by atoms with E-state index in [1.807, 2.05) is 0 Å². The molecule has 3 aromatic rings. The molecule has 0 radical (unpaired) electrons. The number of nitrogens with zero attached hydrogens (tertiary/aromatic N) is 2. The Morgan fingerprint density at radius 1 is 1.14 bits per heavy atom. The summed E-state index contributed by atoms with van der Waals surface area (Å²) in [5.41, 5.74) is -1.58. The molecule has 1 saturated heterocycles. The minimum atomic E-state index is -5.14. The van der Waals surface area contributed by atoms with Crippen molar-refractivity contribution in [3.8, 4) is 16.9 Å². The van der Waals surface area contributed by atoms with Gasteiger partial charge >= 0.3 is 6.18 Å². The predicted octanol–water partition coefficient (Wildman–Crippen LogP) is 4.36. The highest BCUT2D eigenvalue weighted by molar-refractivity contribution is 7.92. The SMILES string of the molecule is COc1cc(F)ccc1-c1ccncc1N(C)C(=O)c1cccc(S(=O)(=O)C2COC2)c1C(F)(F)F. The second-order valence-corrected chi connectivity index (χ2v) is 10.2. The molecule has 0 saturated carbocycles. The Kier molecular flexibility index (Phi) is 6.76. The Morgan fingerprint density at radius 3 is 2.47 bits per heavy atom. The van der Waals surface area contributed by atoms with E-state index in [2.05, 4.69) is 4.98 Å². The van der Waals surface area contributed by atoms with Crippen molar-refractivity contribution >= 4 is 21.4 Å². The van der Waals surface area contributed by atoms with E-state index < -0.39 is 49.0 Å². The van der Waals surface area contributed by atoms with Crippen LogP contribution in [-0.4, -0.2) is 51.9 Å². The summed E-state index contributed by atoms with van der Waals surface area (Å²) in [6.07, 6.45) is -2.48. The zero-order chi connectivity index (χ0) is 26.3. The lowest BCUT2D eigenvalue weighted by Gasteiger charge is -2.28. The fraction of sp³-hybridized carbons (Fsp3) is 0.250. The molecule has 0 N–H and O–H groups in total. The molecule has 2 aromatic carbocycles. The van der Waals surface area contributed by atoms with Crippen LogP contribution in [0.15, 0.2) is 59.8 Å². The van der Waals surface area contributed by atoms with Crippen molar-refractivity contribution < 1.29 is 40.2 Å². The van der Waals surface area contributed by atoms with Crippen LogP contribution in [0.25, 0.3) is 11.1 Å². The Labute approximate surface area is 204 Å². The first-order chi connectivity index (χ1) is 17.0. The molecule has 1 aliphatic rings. The molecule has 1 amide bonds. The summed E-state index contributed by atoms with van der Waals surface area (Å²) in [6.45, 7) is -0.452. The molecule has 0 unspecified atom stereocenters. The summed E-state index contributed by atoms with van der Waals surface area (Å²) >= 11 is 0. The number of pyridine rings is 1. The van der Waals surface area contributed by atoms with E-state index in [0.717, 1.165) is 29.2 Å². The zero-order valence-corrected chi connectivity index (χ0v) is 19.9. The number of hydrogen-bond acceptors (Lipinski definition) is 6. The van der Waals surface area contributed by atoms with Crippen molar-refractivity contribution in [1.29, 1.82) is 0 Å². The van der Waals surface area contributed by atoms with E-state index in [-0.39, 0.29) is 24.7 Å². The number of amides is 1. The number of alkyl halides is 3. The van der Waals surface area contributed by atoms with Crippen LogP contribution in [0.5, 0.6) is 5.75 Å². The minimum absolute atomic E-state index is 0.0983. The molecule has 1 fully saturated rings. The van der Waals surface area contributed by atoms with Gasteiger partial charge in [0.2, 0.25) is 0 Å². The highest BCUT2D eigenvalue weighted by Crippen LogP contribution is 2.41. The van der Waals surface area contributed by atoms with E-state index >= 15 is 0 Å². The third-order valence-electron chi connectivity index (χ3n) is 5.81. The maximum atomic E-state index is 14.2. The van der Waals surface area contributed by atoms with Crippen LogP contribution in [0.2, 0.25) is 0 Å². The average Bonchev–Trinajstić information content (AvgIpc) is 2.80. The van der Waals surface area contributed by atoms with Crippen molar-refractivity contribution in [3.63, 3.8) is 0 Å². The monoisotopic (exact) mass is 524 g/mol. The maximum absolute atomic E-state index is 14.2. The van der Waals surface area contributed by atoms with Gasteiger partial charge in [-0.3, -0.25) is 9.78 Å². The zero-order valence-electron chi connectivity index (χ0n) is 19.0. The number of ether oxygens (including phenoxy) is 2. The largest absolute Gasteiger partial charge is 0.496 e. The number of carbonyl (C=O) groups is 1. The predicted molar refractivity (Wildman–Crippen MR) is 122 cm³/mol. The molecule has 36 heavy (non-hydrogen) atoms. The van der Waals surface area contributed by atoms with Crippen LogP contribution in [0.3, 0.4) is 0 Å². The van der Waals surface area contributed by atoms with Crippen LogP contribution in [0.4, 0.5) is 23.2 Å². The lowest BCUT2D eigenvalue weighted by Crippen LogP contribution is -2.41. The molecule has 0 bridgehead atoms. The third-order valence-corrected chi connectivity index (χ3v) is 7.92. The number of methoxy groups -OCH3 is 1. The summed E-state index contributed by atoms with van der Waals surface area (Å²) in [6, 6.07) is 8.05. The van der Waals surface area contributed by atoms with E-state index in [9.17, 15) is 30.8 Å². The quantitative estimate of drug-likeness (QED) is 0.446. The molecular weight excluding hydrogens is 504 g/mol. The number of aromatic nitrogens is 1. The van der Waals surface area contributed by atoms with Gasteiger partial charge < -0.3 is 14.4 Å². The van der Waals surface area contributed by atoms with Gasteiger partial charge in [0.05, 0.1) is 48.2 Å². The van der Waals surface area contributed by atoms with Crippen LogP contribution >= 0.6 is 0 Å². The lowest BCUT2D eigenvalue weighted by atomic mass is 10.0. The van der Waals surface area contributed by atoms with E-state index in [4.69, 9.17) is 9.47 Å². The maximum Gasteiger partial charge on any atom is 0.418 e. The van der Waals surface area contributed by atoms with Crippen LogP contribution < -0.4 is 9.64 Å². The average molecular weight is 524 g/mol. The number of rotatable bonds is 6. The van der Waals surface area contributed by atoms with E-state index in [1.54, 1.807) is 0 Å². The number of hydrogen-bond donors (Lipinski definition) is 0.